The summed E-state index contributed by atoms with van der Waals surface area (Å²) in [5.74, 6) is 1.18. The Bertz CT molecular complexity index is 648. The van der Waals surface area contributed by atoms with Gasteiger partial charge in [0.25, 0.3) is 0 Å². The maximum Gasteiger partial charge on any atom is 0.161 e. The third-order valence-corrected chi connectivity index (χ3v) is 6.82. The number of benzene rings is 1. The second kappa shape index (κ2) is 5.61. The number of rotatable bonds is 2. The fourth-order valence-corrected chi connectivity index (χ4v) is 5.64. The molecule has 5 heteroatoms. The fourth-order valence-electron chi connectivity index (χ4n) is 5.64. The van der Waals surface area contributed by atoms with Gasteiger partial charge in [0.15, 0.2) is 11.5 Å². The lowest BCUT2D eigenvalue weighted by molar-refractivity contribution is -0.114. The SMILES string of the molecule is COc1ccc2c(c1O)[C@@]13CCN(C)C(C2)[C@H]1CC(OC)C(O)C3. The summed E-state index contributed by atoms with van der Waals surface area (Å²) < 4.78 is 10.9. The van der Waals surface area contributed by atoms with Crippen LogP contribution in [0.2, 0.25) is 0 Å². The van der Waals surface area contributed by atoms with Gasteiger partial charge in [0.2, 0.25) is 0 Å². The molecule has 2 fully saturated rings. The lowest BCUT2D eigenvalue weighted by atomic mass is 9.51. The minimum absolute atomic E-state index is 0.119. The third-order valence-electron chi connectivity index (χ3n) is 6.82. The van der Waals surface area contributed by atoms with Crippen LogP contribution >= 0.6 is 0 Å². The lowest BCUT2D eigenvalue weighted by Gasteiger charge is -2.60. The molecule has 3 unspecified atom stereocenters. The average molecular weight is 333 g/mol. The first-order chi connectivity index (χ1) is 11.5. The normalized spacial score (nSPS) is 38.3. The third kappa shape index (κ3) is 2.04. The maximum atomic E-state index is 10.9. The van der Waals surface area contributed by atoms with Crippen molar-refractivity contribution in [1.82, 2.24) is 4.90 Å². The molecular formula is C19H27NO4. The highest BCUT2D eigenvalue weighted by molar-refractivity contribution is 5.56. The van der Waals surface area contributed by atoms with Gasteiger partial charge in [0, 0.05) is 24.1 Å². The van der Waals surface area contributed by atoms with Crippen LogP contribution in [-0.2, 0) is 16.6 Å². The molecule has 0 amide bonds. The molecule has 1 saturated heterocycles. The number of nitrogens with zero attached hydrogens (tertiary/aromatic N) is 1. The van der Waals surface area contributed by atoms with E-state index in [1.165, 1.54) is 5.56 Å². The van der Waals surface area contributed by atoms with Crippen LogP contribution in [0.4, 0.5) is 0 Å². The maximum absolute atomic E-state index is 10.9. The number of ether oxygens (including phenoxy) is 2. The van der Waals surface area contributed by atoms with Gasteiger partial charge in [-0.25, -0.2) is 0 Å². The number of methoxy groups -OCH3 is 2. The minimum atomic E-state index is -0.494. The van der Waals surface area contributed by atoms with Crippen LogP contribution in [0.15, 0.2) is 12.1 Å². The molecule has 0 aromatic heterocycles. The van der Waals surface area contributed by atoms with E-state index in [2.05, 4.69) is 18.0 Å². The highest BCUT2D eigenvalue weighted by atomic mass is 16.5. The summed E-state index contributed by atoms with van der Waals surface area (Å²) in [5, 5.41) is 21.6. The van der Waals surface area contributed by atoms with Gasteiger partial charge < -0.3 is 24.6 Å². The van der Waals surface area contributed by atoms with Gasteiger partial charge in [-0.1, -0.05) is 6.07 Å². The quantitative estimate of drug-likeness (QED) is 0.862. The van der Waals surface area contributed by atoms with Crippen molar-refractivity contribution < 1.29 is 19.7 Å². The van der Waals surface area contributed by atoms with Gasteiger partial charge in [-0.2, -0.15) is 0 Å². The van der Waals surface area contributed by atoms with Gasteiger partial charge >= 0.3 is 0 Å². The second-order valence-electron chi connectivity index (χ2n) is 7.70. The van der Waals surface area contributed by atoms with Gasteiger partial charge in [0.1, 0.15) is 0 Å². The molecule has 0 radical (unpaired) electrons. The molecule has 5 nitrogen and oxygen atoms in total. The number of aromatic hydroxyl groups is 1. The van der Waals surface area contributed by atoms with Gasteiger partial charge in [-0.05, 0) is 56.8 Å². The van der Waals surface area contributed by atoms with Crippen molar-refractivity contribution >= 4 is 0 Å². The highest BCUT2D eigenvalue weighted by Crippen LogP contribution is 2.59. The Morgan fingerprint density at radius 2 is 2.08 bits per heavy atom. The molecule has 3 aliphatic rings. The Morgan fingerprint density at radius 3 is 2.79 bits per heavy atom. The van der Waals surface area contributed by atoms with Crippen LogP contribution in [0.5, 0.6) is 11.5 Å². The highest BCUT2D eigenvalue weighted by Gasteiger charge is 2.58. The Balaban J connectivity index is 1.89. The summed E-state index contributed by atoms with van der Waals surface area (Å²) in [4.78, 5) is 2.44. The van der Waals surface area contributed by atoms with Gasteiger partial charge in [-0.15, -0.1) is 0 Å². The predicted octanol–water partition coefficient (Wildman–Crippen LogP) is 1.68. The molecule has 2 N–H and O–H groups in total. The number of likely N-dealkylation sites (N-methyl/N-ethyl adjacent to an activating group) is 1. The first kappa shape index (κ1) is 16.2. The summed E-state index contributed by atoms with van der Waals surface area (Å²) in [6.07, 6.45) is 2.75. The van der Waals surface area contributed by atoms with Crippen molar-refractivity contribution in [3.05, 3.63) is 23.3 Å². The molecule has 132 valence electrons. The lowest BCUT2D eigenvalue weighted by Crippen LogP contribution is -2.63. The zero-order valence-electron chi connectivity index (χ0n) is 14.7. The van der Waals surface area contributed by atoms with Crippen LogP contribution in [0.3, 0.4) is 0 Å². The minimum Gasteiger partial charge on any atom is -0.504 e. The van der Waals surface area contributed by atoms with Crippen LogP contribution in [0.1, 0.15) is 30.4 Å². The number of phenols is 1. The summed E-state index contributed by atoms with van der Waals surface area (Å²) in [6.45, 7) is 0.988. The van der Waals surface area contributed by atoms with Crippen LogP contribution in [-0.4, -0.2) is 61.2 Å². The molecule has 2 aliphatic carbocycles. The van der Waals surface area contributed by atoms with Crippen molar-refractivity contribution in [2.24, 2.45) is 5.92 Å². The molecule has 24 heavy (non-hydrogen) atoms. The van der Waals surface area contributed by atoms with Crippen molar-refractivity contribution in [1.29, 1.82) is 0 Å². The number of hydrogen-bond donors (Lipinski definition) is 2. The Kier molecular flexibility index (Phi) is 3.79. The summed E-state index contributed by atoms with van der Waals surface area (Å²) in [5.41, 5.74) is 2.03. The zero-order valence-corrected chi connectivity index (χ0v) is 14.7. The first-order valence-electron chi connectivity index (χ1n) is 8.82. The average Bonchev–Trinajstić information content (AvgIpc) is 2.57. The predicted molar refractivity (Wildman–Crippen MR) is 90.6 cm³/mol. The number of fused-ring (bicyclic) bond motifs is 1. The number of likely N-dealkylation sites (tertiary alicyclic amines) is 1. The van der Waals surface area contributed by atoms with Crippen molar-refractivity contribution in [3.63, 3.8) is 0 Å². The topological polar surface area (TPSA) is 62.2 Å². The van der Waals surface area contributed by atoms with E-state index in [9.17, 15) is 10.2 Å². The standard InChI is InChI=1S/C19H27NO4/c1-20-7-6-19-10-14(21)16(24-3)9-12(19)13(20)8-11-4-5-15(23-2)18(22)17(11)19/h4-5,12-14,16,21-22H,6-10H2,1-3H3/t12-,13?,14?,16?,19-/m1/s1. The zero-order chi connectivity index (χ0) is 17.1. The van der Waals surface area contributed by atoms with Crippen molar-refractivity contribution in [2.45, 2.75) is 49.3 Å². The first-order valence-corrected chi connectivity index (χ1v) is 8.82. The molecule has 1 saturated carbocycles. The Labute approximate surface area is 143 Å². The number of phenolic OH excluding ortho intramolecular Hbond substituents is 1. The molecule has 1 aliphatic heterocycles. The van der Waals surface area contributed by atoms with E-state index in [4.69, 9.17) is 9.47 Å². The van der Waals surface area contributed by atoms with E-state index in [0.29, 0.717) is 24.1 Å². The van der Waals surface area contributed by atoms with Crippen LogP contribution in [0, 0.1) is 5.92 Å². The number of aliphatic hydroxyl groups excluding tert-OH is 1. The summed E-state index contributed by atoms with van der Waals surface area (Å²) >= 11 is 0. The molecule has 0 spiro atoms. The monoisotopic (exact) mass is 333 g/mol. The van der Waals surface area contributed by atoms with Gasteiger partial charge in [-0.3, -0.25) is 0 Å². The molecular weight excluding hydrogens is 306 g/mol. The molecule has 1 aromatic carbocycles. The largest absolute Gasteiger partial charge is 0.504 e. The summed E-state index contributed by atoms with van der Waals surface area (Å²) in [6, 6.07) is 4.38. The smallest absolute Gasteiger partial charge is 0.161 e. The fraction of sp³-hybridized carbons (Fsp3) is 0.684. The molecule has 5 atom stereocenters. The van der Waals surface area contributed by atoms with Crippen LogP contribution < -0.4 is 4.74 Å². The number of hydrogen-bond acceptors (Lipinski definition) is 5. The van der Waals surface area contributed by atoms with E-state index in [0.717, 1.165) is 31.4 Å². The molecule has 4 rings (SSSR count). The Hall–Kier alpha value is -1.30. The molecule has 1 aromatic rings. The van der Waals surface area contributed by atoms with Crippen LogP contribution in [0.25, 0.3) is 0 Å². The second-order valence-corrected chi connectivity index (χ2v) is 7.70. The van der Waals surface area contributed by atoms with E-state index in [-0.39, 0.29) is 17.3 Å². The van der Waals surface area contributed by atoms with Crippen molar-refractivity contribution in [3.8, 4) is 11.5 Å². The van der Waals surface area contributed by atoms with E-state index in [1.807, 2.05) is 6.07 Å². The summed E-state index contributed by atoms with van der Waals surface area (Å²) in [7, 11) is 5.46. The van der Waals surface area contributed by atoms with E-state index < -0.39 is 6.10 Å². The van der Waals surface area contributed by atoms with E-state index >= 15 is 0 Å². The van der Waals surface area contributed by atoms with E-state index in [1.54, 1.807) is 14.2 Å². The van der Waals surface area contributed by atoms with Gasteiger partial charge in [0.05, 0.1) is 19.3 Å². The molecule has 2 bridgehead atoms. The Morgan fingerprint density at radius 1 is 1.29 bits per heavy atom. The van der Waals surface area contributed by atoms with Crippen molar-refractivity contribution in [2.75, 3.05) is 27.8 Å². The molecule has 1 heterocycles. The number of piperidine rings is 1. The number of aliphatic hydroxyl groups is 1.